The van der Waals surface area contributed by atoms with Gasteiger partial charge in [0.05, 0.1) is 9.83 Å². The first-order valence-corrected chi connectivity index (χ1v) is 8.09. The smallest absolute Gasteiger partial charge is 0.224 e. The van der Waals surface area contributed by atoms with Crippen LogP contribution in [0.3, 0.4) is 0 Å². The Kier molecular flexibility index (Phi) is 3.67. The van der Waals surface area contributed by atoms with Crippen LogP contribution in [0.1, 0.15) is 34.0 Å². The van der Waals surface area contributed by atoms with Crippen molar-refractivity contribution in [3.05, 3.63) is 49.6 Å². The van der Waals surface area contributed by atoms with Gasteiger partial charge in [-0.2, -0.15) is 0 Å². The SMILES string of the molecule is Cc1cc(C(N)c2ccc3c(c2)CCC(=O)N3)sc1Br. The van der Waals surface area contributed by atoms with E-state index >= 15 is 0 Å². The zero-order valence-electron chi connectivity index (χ0n) is 11.1. The molecule has 0 bridgehead atoms. The Morgan fingerprint density at radius 3 is 2.85 bits per heavy atom. The molecular weight excluding hydrogens is 336 g/mol. The van der Waals surface area contributed by atoms with Crippen LogP contribution in [-0.2, 0) is 11.2 Å². The Morgan fingerprint density at radius 2 is 2.15 bits per heavy atom. The van der Waals surface area contributed by atoms with E-state index in [-0.39, 0.29) is 11.9 Å². The van der Waals surface area contributed by atoms with Crippen LogP contribution in [-0.4, -0.2) is 5.91 Å². The molecule has 0 fully saturated rings. The van der Waals surface area contributed by atoms with Crippen LogP contribution in [0.2, 0.25) is 0 Å². The molecule has 0 saturated heterocycles. The largest absolute Gasteiger partial charge is 0.326 e. The average Bonchev–Trinajstić information content (AvgIpc) is 2.77. The molecule has 1 aliphatic heterocycles. The Labute approximate surface area is 130 Å². The molecule has 0 spiro atoms. The zero-order valence-corrected chi connectivity index (χ0v) is 13.5. The van der Waals surface area contributed by atoms with E-state index < -0.39 is 0 Å². The molecule has 1 aromatic carbocycles. The third kappa shape index (κ3) is 2.53. The fraction of sp³-hybridized carbons (Fsp3) is 0.267. The second kappa shape index (κ2) is 5.31. The van der Waals surface area contributed by atoms with E-state index in [9.17, 15) is 4.79 Å². The van der Waals surface area contributed by atoms with Crippen molar-refractivity contribution in [3.8, 4) is 0 Å². The predicted octanol–water partition coefficient (Wildman–Crippen LogP) is 3.75. The summed E-state index contributed by atoms with van der Waals surface area (Å²) in [7, 11) is 0. The summed E-state index contributed by atoms with van der Waals surface area (Å²) >= 11 is 5.22. The highest BCUT2D eigenvalue weighted by Crippen LogP contribution is 2.34. The second-order valence-corrected chi connectivity index (χ2v) is 7.45. The van der Waals surface area contributed by atoms with Crippen molar-refractivity contribution in [1.29, 1.82) is 0 Å². The summed E-state index contributed by atoms with van der Waals surface area (Å²) in [6.45, 7) is 2.07. The van der Waals surface area contributed by atoms with Crippen LogP contribution < -0.4 is 11.1 Å². The molecule has 1 unspecified atom stereocenters. The van der Waals surface area contributed by atoms with E-state index in [1.54, 1.807) is 11.3 Å². The predicted molar refractivity (Wildman–Crippen MR) is 86.2 cm³/mol. The van der Waals surface area contributed by atoms with Gasteiger partial charge in [0.1, 0.15) is 0 Å². The first-order valence-electron chi connectivity index (χ1n) is 6.48. The number of hydrogen-bond acceptors (Lipinski definition) is 3. The maximum absolute atomic E-state index is 11.4. The summed E-state index contributed by atoms with van der Waals surface area (Å²) in [5, 5.41) is 2.89. The molecule has 0 aliphatic carbocycles. The van der Waals surface area contributed by atoms with Crippen molar-refractivity contribution in [3.63, 3.8) is 0 Å². The lowest BCUT2D eigenvalue weighted by molar-refractivity contribution is -0.116. The number of fused-ring (bicyclic) bond motifs is 1. The molecule has 2 heterocycles. The van der Waals surface area contributed by atoms with Gasteiger partial charge in [0, 0.05) is 17.0 Å². The van der Waals surface area contributed by atoms with Crippen LogP contribution in [0, 0.1) is 6.92 Å². The number of rotatable bonds is 2. The van der Waals surface area contributed by atoms with Crippen LogP contribution in [0.25, 0.3) is 0 Å². The Balaban J connectivity index is 1.92. The number of nitrogens with two attached hydrogens (primary N) is 1. The molecule has 3 rings (SSSR count). The number of carbonyl (C=O) groups is 1. The van der Waals surface area contributed by atoms with Gasteiger partial charge in [-0.15, -0.1) is 11.3 Å². The lowest BCUT2D eigenvalue weighted by Crippen LogP contribution is -2.19. The van der Waals surface area contributed by atoms with Gasteiger partial charge in [-0.3, -0.25) is 4.79 Å². The summed E-state index contributed by atoms with van der Waals surface area (Å²) in [5.74, 6) is 0.0901. The average molecular weight is 351 g/mol. The van der Waals surface area contributed by atoms with E-state index in [0.29, 0.717) is 6.42 Å². The number of thiophene rings is 1. The Bertz CT molecular complexity index is 661. The highest BCUT2D eigenvalue weighted by atomic mass is 79.9. The molecule has 3 N–H and O–H groups in total. The first kappa shape index (κ1) is 13.8. The molecule has 1 atom stereocenters. The molecule has 2 aromatic rings. The first-order chi connectivity index (χ1) is 9.54. The number of benzene rings is 1. The molecule has 1 aromatic heterocycles. The standard InChI is InChI=1S/C15H15BrN2OS/c1-8-6-12(20-15(8)16)14(17)10-2-4-11-9(7-10)3-5-13(19)18-11/h2,4,6-7,14H,3,5,17H2,1H3,(H,18,19). The van der Waals surface area contributed by atoms with E-state index in [0.717, 1.165) is 26.3 Å². The lowest BCUT2D eigenvalue weighted by Gasteiger charge is -2.19. The maximum Gasteiger partial charge on any atom is 0.224 e. The number of amides is 1. The van der Waals surface area contributed by atoms with Crippen LogP contribution in [0.4, 0.5) is 5.69 Å². The second-order valence-electron chi connectivity index (χ2n) is 5.05. The van der Waals surface area contributed by atoms with Crippen molar-refractivity contribution in [2.24, 2.45) is 5.73 Å². The fourth-order valence-corrected chi connectivity index (χ4v) is 4.00. The monoisotopic (exact) mass is 350 g/mol. The third-order valence-electron chi connectivity index (χ3n) is 3.57. The summed E-state index contributed by atoms with van der Waals surface area (Å²) in [4.78, 5) is 12.5. The maximum atomic E-state index is 11.4. The van der Waals surface area contributed by atoms with E-state index in [4.69, 9.17) is 5.73 Å². The summed E-state index contributed by atoms with van der Waals surface area (Å²) in [5.41, 5.74) is 10.8. The van der Waals surface area contributed by atoms with Crippen molar-refractivity contribution < 1.29 is 4.79 Å². The topological polar surface area (TPSA) is 55.1 Å². The van der Waals surface area contributed by atoms with Crippen molar-refractivity contribution >= 4 is 38.9 Å². The molecule has 104 valence electrons. The van der Waals surface area contributed by atoms with Gasteiger partial charge in [-0.25, -0.2) is 0 Å². The van der Waals surface area contributed by atoms with Gasteiger partial charge in [0.15, 0.2) is 0 Å². The quantitative estimate of drug-likeness (QED) is 0.866. The number of anilines is 1. The number of aryl methyl sites for hydroxylation is 2. The van der Waals surface area contributed by atoms with Crippen molar-refractivity contribution in [2.45, 2.75) is 25.8 Å². The molecule has 1 aliphatic rings. The van der Waals surface area contributed by atoms with Crippen LogP contribution in [0.5, 0.6) is 0 Å². The Hall–Kier alpha value is -1.17. The van der Waals surface area contributed by atoms with Gasteiger partial charge in [0.25, 0.3) is 0 Å². The lowest BCUT2D eigenvalue weighted by atomic mass is 9.97. The van der Waals surface area contributed by atoms with Gasteiger partial charge in [0.2, 0.25) is 5.91 Å². The molecular formula is C15H15BrN2OS. The van der Waals surface area contributed by atoms with Gasteiger partial charge in [-0.1, -0.05) is 12.1 Å². The molecule has 0 radical (unpaired) electrons. The minimum Gasteiger partial charge on any atom is -0.326 e. The summed E-state index contributed by atoms with van der Waals surface area (Å²) in [6, 6.07) is 8.07. The number of nitrogens with one attached hydrogen (secondary N) is 1. The molecule has 20 heavy (non-hydrogen) atoms. The van der Waals surface area contributed by atoms with E-state index in [2.05, 4.69) is 40.3 Å². The van der Waals surface area contributed by atoms with Crippen molar-refractivity contribution in [1.82, 2.24) is 0 Å². The third-order valence-corrected chi connectivity index (χ3v) is 5.79. The highest BCUT2D eigenvalue weighted by molar-refractivity contribution is 9.11. The number of halogens is 1. The molecule has 5 heteroatoms. The van der Waals surface area contributed by atoms with Crippen LogP contribution >= 0.6 is 27.3 Å². The number of hydrogen-bond donors (Lipinski definition) is 2. The highest BCUT2D eigenvalue weighted by Gasteiger charge is 2.18. The normalized spacial score (nSPS) is 15.7. The zero-order chi connectivity index (χ0) is 14.3. The van der Waals surface area contributed by atoms with Gasteiger partial charge < -0.3 is 11.1 Å². The Morgan fingerprint density at radius 1 is 1.35 bits per heavy atom. The van der Waals surface area contributed by atoms with Gasteiger partial charge >= 0.3 is 0 Å². The minimum atomic E-state index is -0.118. The molecule has 1 amide bonds. The van der Waals surface area contributed by atoms with Crippen molar-refractivity contribution in [2.75, 3.05) is 5.32 Å². The van der Waals surface area contributed by atoms with Crippen LogP contribution in [0.15, 0.2) is 28.1 Å². The van der Waals surface area contributed by atoms with E-state index in [1.165, 1.54) is 11.1 Å². The summed E-state index contributed by atoms with van der Waals surface area (Å²) in [6.07, 6.45) is 1.34. The molecule has 3 nitrogen and oxygen atoms in total. The van der Waals surface area contributed by atoms with Gasteiger partial charge in [-0.05, 0) is 58.1 Å². The fourth-order valence-electron chi connectivity index (χ4n) is 2.40. The number of carbonyl (C=O) groups excluding carboxylic acids is 1. The minimum absolute atomic E-state index is 0.0901. The summed E-state index contributed by atoms with van der Waals surface area (Å²) < 4.78 is 1.13. The molecule has 0 saturated carbocycles. The van der Waals surface area contributed by atoms with E-state index in [1.807, 2.05) is 12.1 Å².